The highest BCUT2D eigenvalue weighted by atomic mass is 16.3. The summed E-state index contributed by atoms with van der Waals surface area (Å²) >= 11 is 0. The quantitative estimate of drug-likeness (QED) is 0.577. The molecule has 5 heteroatoms. The third kappa shape index (κ3) is 1.91. The second kappa shape index (κ2) is 4.13. The van der Waals surface area contributed by atoms with Crippen LogP contribution in [0.2, 0.25) is 0 Å². The Balaban J connectivity index is 2.31. The second-order valence-electron chi connectivity index (χ2n) is 4.21. The van der Waals surface area contributed by atoms with Gasteiger partial charge in [-0.2, -0.15) is 0 Å². The normalized spacial score (nSPS) is 10.7. The van der Waals surface area contributed by atoms with Crippen LogP contribution in [-0.4, -0.2) is 15.1 Å². The fraction of sp³-hybridized carbons (Fsp3) is 0. The fourth-order valence-electron chi connectivity index (χ4n) is 1.96. The number of fused-ring (bicyclic) bond motifs is 1. The zero-order chi connectivity index (χ0) is 13.4. The van der Waals surface area contributed by atoms with Crippen molar-refractivity contribution in [1.29, 1.82) is 0 Å². The Bertz CT molecular complexity index is 824. The number of anilines is 1. The van der Waals surface area contributed by atoms with Gasteiger partial charge in [0, 0.05) is 5.69 Å². The molecule has 0 radical (unpaired) electrons. The topological polar surface area (TPSA) is 92.0 Å². The van der Waals surface area contributed by atoms with Gasteiger partial charge >= 0.3 is 0 Å². The van der Waals surface area contributed by atoms with E-state index in [1.54, 1.807) is 42.5 Å². The number of aromatic hydroxyl groups is 1. The van der Waals surface area contributed by atoms with Crippen LogP contribution in [0, 0.1) is 0 Å². The van der Waals surface area contributed by atoms with E-state index in [1.807, 2.05) is 0 Å². The molecule has 19 heavy (non-hydrogen) atoms. The third-order valence-electron chi connectivity index (χ3n) is 2.89. The van der Waals surface area contributed by atoms with Crippen molar-refractivity contribution in [2.24, 2.45) is 0 Å². The van der Waals surface area contributed by atoms with Crippen LogP contribution in [0.3, 0.4) is 0 Å². The lowest BCUT2D eigenvalue weighted by Crippen LogP contribution is -2.09. The molecule has 5 nitrogen and oxygen atoms in total. The van der Waals surface area contributed by atoms with Crippen LogP contribution < -0.4 is 11.3 Å². The fourth-order valence-corrected chi connectivity index (χ4v) is 1.96. The number of nitrogens with two attached hydrogens (primary N) is 1. The molecule has 0 spiro atoms. The van der Waals surface area contributed by atoms with Gasteiger partial charge in [-0.15, -0.1) is 0 Å². The van der Waals surface area contributed by atoms with Gasteiger partial charge in [-0.1, -0.05) is 12.1 Å². The number of aromatic amines is 1. The van der Waals surface area contributed by atoms with E-state index in [0.29, 0.717) is 28.0 Å². The highest BCUT2D eigenvalue weighted by Gasteiger charge is 2.09. The predicted molar refractivity (Wildman–Crippen MR) is 73.9 cm³/mol. The molecule has 1 heterocycles. The molecule has 0 saturated heterocycles. The molecule has 0 bridgehead atoms. The smallest absolute Gasteiger partial charge is 0.259 e. The first-order valence-electron chi connectivity index (χ1n) is 5.73. The number of phenolic OH excluding ortho intramolecular Hbond substituents is 1. The van der Waals surface area contributed by atoms with Crippen molar-refractivity contribution < 1.29 is 5.11 Å². The zero-order valence-electron chi connectivity index (χ0n) is 9.92. The summed E-state index contributed by atoms with van der Waals surface area (Å²) in [6, 6.07) is 11.7. The molecule has 0 unspecified atom stereocenters. The summed E-state index contributed by atoms with van der Waals surface area (Å²) in [5.41, 5.74) is 6.90. The van der Waals surface area contributed by atoms with Crippen LogP contribution in [0.4, 0.5) is 5.69 Å². The van der Waals surface area contributed by atoms with E-state index in [0.717, 1.165) is 0 Å². The summed E-state index contributed by atoms with van der Waals surface area (Å²) in [6.45, 7) is 0. The van der Waals surface area contributed by atoms with Gasteiger partial charge < -0.3 is 15.8 Å². The minimum Gasteiger partial charge on any atom is -0.507 e. The van der Waals surface area contributed by atoms with Gasteiger partial charge in [0.1, 0.15) is 11.6 Å². The van der Waals surface area contributed by atoms with Crippen LogP contribution >= 0.6 is 0 Å². The Morgan fingerprint density at radius 1 is 1.16 bits per heavy atom. The Morgan fingerprint density at radius 2 is 1.95 bits per heavy atom. The number of hydrogen-bond donors (Lipinski definition) is 3. The molecule has 0 aliphatic rings. The molecule has 4 N–H and O–H groups in total. The van der Waals surface area contributed by atoms with Gasteiger partial charge in [-0.25, -0.2) is 4.98 Å². The van der Waals surface area contributed by atoms with Gasteiger partial charge in [0.2, 0.25) is 0 Å². The Hall–Kier alpha value is -2.82. The van der Waals surface area contributed by atoms with E-state index >= 15 is 0 Å². The lowest BCUT2D eigenvalue weighted by molar-refractivity contribution is 0.477. The second-order valence-corrected chi connectivity index (χ2v) is 4.21. The molecule has 94 valence electrons. The number of hydrogen-bond acceptors (Lipinski definition) is 4. The standard InChI is InChI=1S/C14H11N3O2/c15-8-5-6-11-10(7-8)14(19)17-13(16-11)9-3-1-2-4-12(9)18/h1-7,18H,15H2,(H,16,17,19). The summed E-state index contributed by atoms with van der Waals surface area (Å²) in [4.78, 5) is 19.0. The molecule has 1 aromatic heterocycles. The van der Waals surface area contributed by atoms with Crippen LogP contribution in [0.15, 0.2) is 47.3 Å². The van der Waals surface area contributed by atoms with Crippen LogP contribution in [-0.2, 0) is 0 Å². The average molecular weight is 253 g/mol. The lowest BCUT2D eigenvalue weighted by atomic mass is 10.1. The molecular weight excluding hydrogens is 242 g/mol. The summed E-state index contributed by atoms with van der Waals surface area (Å²) in [5, 5.41) is 10.2. The molecule has 0 fully saturated rings. The number of nitrogens with one attached hydrogen (secondary N) is 1. The first-order valence-corrected chi connectivity index (χ1v) is 5.73. The first kappa shape index (κ1) is 11.3. The van der Waals surface area contributed by atoms with Crippen molar-refractivity contribution in [3.8, 4) is 17.1 Å². The van der Waals surface area contributed by atoms with E-state index in [4.69, 9.17) is 5.73 Å². The van der Waals surface area contributed by atoms with Crippen molar-refractivity contribution in [3.63, 3.8) is 0 Å². The number of rotatable bonds is 1. The van der Waals surface area contributed by atoms with Gasteiger partial charge in [0.25, 0.3) is 5.56 Å². The minimum atomic E-state index is -0.282. The molecular formula is C14H11N3O2. The Labute approximate surface area is 108 Å². The van der Waals surface area contributed by atoms with Gasteiger partial charge in [0.15, 0.2) is 0 Å². The summed E-state index contributed by atoms with van der Waals surface area (Å²) in [7, 11) is 0. The third-order valence-corrected chi connectivity index (χ3v) is 2.89. The minimum absolute atomic E-state index is 0.0699. The van der Waals surface area contributed by atoms with Crippen LogP contribution in [0.1, 0.15) is 0 Å². The maximum Gasteiger partial charge on any atom is 0.259 e. The van der Waals surface area contributed by atoms with E-state index < -0.39 is 0 Å². The molecule has 0 atom stereocenters. The van der Waals surface area contributed by atoms with E-state index in [-0.39, 0.29) is 11.3 Å². The average Bonchev–Trinajstić information content (AvgIpc) is 2.40. The highest BCUT2D eigenvalue weighted by molar-refractivity contribution is 5.82. The van der Waals surface area contributed by atoms with Gasteiger partial charge in [-0.05, 0) is 30.3 Å². The van der Waals surface area contributed by atoms with Gasteiger partial charge in [-0.3, -0.25) is 4.79 Å². The van der Waals surface area contributed by atoms with Crippen molar-refractivity contribution in [1.82, 2.24) is 9.97 Å². The van der Waals surface area contributed by atoms with E-state index in [9.17, 15) is 9.90 Å². The lowest BCUT2D eigenvalue weighted by Gasteiger charge is -2.05. The maximum absolute atomic E-state index is 12.0. The van der Waals surface area contributed by atoms with Crippen LogP contribution in [0.5, 0.6) is 5.75 Å². The summed E-state index contributed by atoms with van der Waals surface area (Å²) in [6.07, 6.45) is 0. The summed E-state index contributed by atoms with van der Waals surface area (Å²) in [5.74, 6) is 0.404. The maximum atomic E-state index is 12.0. The van der Waals surface area contributed by atoms with Crippen molar-refractivity contribution in [2.45, 2.75) is 0 Å². The largest absolute Gasteiger partial charge is 0.507 e. The number of benzene rings is 2. The van der Waals surface area contributed by atoms with Gasteiger partial charge in [0.05, 0.1) is 16.5 Å². The van der Waals surface area contributed by atoms with Crippen LogP contribution in [0.25, 0.3) is 22.3 Å². The molecule has 0 aliphatic heterocycles. The summed E-state index contributed by atoms with van der Waals surface area (Å²) < 4.78 is 0. The number of aromatic nitrogens is 2. The predicted octanol–water partition coefficient (Wildman–Crippen LogP) is 1.88. The van der Waals surface area contributed by atoms with Crippen molar-refractivity contribution in [2.75, 3.05) is 5.73 Å². The molecule has 0 amide bonds. The monoisotopic (exact) mass is 253 g/mol. The highest BCUT2D eigenvalue weighted by Crippen LogP contribution is 2.25. The number of phenols is 1. The zero-order valence-corrected chi connectivity index (χ0v) is 9.92. The molecule has 0 aliphatic carbocycles. The number of nitrogen functional groups attached to an aromatic ring is 1. The number of H-pyrrole nitrogens is 1. The Kier molecular flexibility index (Phi) is 2.45. The molecule has 3 rings (SSSR count). The van der Waals surface area contributed by atoms with Crippen molar-refractivity contribution >= 4 is 16.6 Å². The van der Waals surface area contributed by atoms with Crippen molar-refractivity contribution in [3.05, 3.63) is 52.8 Å². The number of para-hydroxylation sites is 1. The van der Waals surface area contributed by atoms with E-state index in [1.165, 1.54) is 0 Å². The molecule has 2 aromatic carbocycles. The Morgan fingerprint density at radius 3 is 2.74 bits per heavy atom. The van der Waals surface area contributed by atoms with E-state index in [2.05, 4.69) is 9.97 Å². The number of nitrogens with zero attached hydrogens (tertiary/aromatic N) is 1. The molecule has 0 saturated carbocycles. The first-order chi connectivity index (χ1) is 9.15. The molecule has 3 aromatic rings. The SMILES string of the molecule is Nc1ccc2nc(-c3ccccc3O)[nH]c(=O)c2c1.